The fraction of sp³-hybridized carbons (Fsp3) is 0.562. The Morgan fingerprint density at radius 3 is 2.48 bits per heavy atom. The van der Waals surface area contributed by atoms with E-state index in [1.165, 1.54) is 12.1 Å². The van der Waals surface area contributed by atoms with Crippen LogP contribution in [0.25, 0.3) is 0 Å². The number of carbonyl (C=O) groups is 1. The number of amides is 1. The van der Waals surface area contributed by atoms with Crippen molar-refractivity contribution in [2.24, 2.45) is 0 Å². The molecule has 2 saturated heterocycles. The van der Waals surface area contributed by atoms with Gasteiger partial charge in [0.05, 0.1) is 29.7 Å². The van der Waals surface area contributed by atoms with Crippen molar-refractivity contribution in [3.63, 3.8) is 0 Å². The molecule has 0 radical (unpaired) electrons. The summed E-state index contributed by atoms with van der Waals surface area (Å²) in [5.74, 6) is -0.698. The Balaban J connectivity index is 1.59. The fourth-order valence-electron chi connectivity index (χ4n) is 3.03. The zero-order valence-corrected chi connectivity index (χ0v) is 12.7. The molecule has 2 unspecified atom stereocenters. The number of ether oxygens (including phenoxy) is 1. The Morgan fingerprint density at radius 2 is 2.00 bits per heavy atom. The van der Waals surface area contributed by atoms with Gasteiger partial charge in [0, 0.05) is 19.5 Å². The highest BCUT2D eigenvalue weighted by Gasteiger charge is 2.45. The van der Waals surface area contributed by atoms with E-state index in [0.717, 1.165) is 31.6 Å². The second kappa shape index (κ2) is 5.79. The summed E-state index contributed by atoms with van der Waals surface area (Å²) in [5.41, 5.74) is -0.290. The Morgan fingerprint density at radius 1 is 1.35 bits per heavy atom. The first-order valence-corrected chi connectivity index (χ1v) is 7.61. The molecule has 0 aromatic heterocycles. The average Bonchev–Trinajstić information content (AvgIpc) is 2.90. The molecule has 23 heavy (non-hydrogen) atoms. The lowest BCUT2D eigenvalue weighted by Gasteiger charge is -2.38. The summed E-state index contributed by atoms with van der Waals surface area (Å²) in [6, 6.07) is 4.69. The van der Waals surface area contributed by atoms with E-state index in [0.29, 0.717) is 12.2 Å². The molecule has 0 saturated carbocycles. The van der Waals surface area contributed by atoms with Gasteiger partial charge in [-0.3, -0.25) is 4.79 Å². The summed E-state index contributed by atoms with van der Waals surface area (Å²) in [6.07, 6.45) is -3.60. The topological polar surface area (TPSA) is 50.4 Å². The number of alkyl halides is 3. The van der Waals surface area contributed by atoms with Crippen LogP contribution in [0.1, 0.15) is 30.4 Å². The van der Waals surface area contributed by atoms with Gasteiger partial charge in [-0.25, -0.2) is 0 Å². The summed E-state index contributed by atoms with van der Waals surface area (Å²) in [4.78, 5) is 12.3. The Hall–Kier alpha value is -1.60. The molecule has 2 aliphatic heterocycles. The lowest BCUT2D eigenvalue weighted by molar-refractivity contribution is -0.137. The first-order chi connectivity index (χ1) is 10.8. The monoisotopic (exact) mass is 328 g/mol. The van der Waals surface area contributed by atoms with E-state index in [1.807, 2.05) is 0 Å². The molecule has 1 aromatic carbocycles. The minimum atomic E-state index is -4.36. The number of nitrogens with one attached hydrogen (secondary N) is 2. The van der Waals surface area contributed by atoms with Crippen LogP contribution in [0, 0.1) is 0 Å². The number of carbonyl (C=O) groups excluding carboxylic acids is 1. The summed E-state index contributed by atoms with van der Waals surface area (Å²) in [5, 5.41) is 6.09. The fourth-order valence-corrected chi connectivity index (χ4v) is 3.03. The molecule has 0 aliphatic carbocycles. The Kier molecular flexibility index (Phi) is 4.10. The number of hydrogen-bond acceptors (Lipinski definition) is 3. The van der Waals surface area contributed by atoms with Crippen LogP contribution < -0.4 is 10.6 Å². The molecule has 1 amide bonds. The molecule has 2 heterocycles. The Labute approximate surface area is 132 Å². The SMILES string of the molecule is CC(C(=O)NC1COC2(CNC2)C1)c1ccc(C(F)(F)F)cc1. The van der Waals surface area contributed by atoms with Crippen molar-refractivity contribution in [3.8, 4) is 0 Å². The van der Waals surface area contributed by atoms with E-state index in [-0.39, 0.29) is 17.6 Å². The molecule has 2 N–H and O–H groups in total. The van der Waals surface area contributed by atoms with Crippen molar-refractivity contribution >= 4 is 5.91 Å². The summed E-state index contributed by atoms with van der Waals surface area (Å²) in [7, 11) is 0. The zero-order valence-electron chi connectivity index (χ0n) is 12.7. The van der Waals surface area contributed by atoms with E-state index in [1.54, 1.807) is 6.92 Å². The number of hydrogen-bond donors (Lipinski definition) is 2. The number of rotatable bonds is 3. The quantitative estimate of drug-likeness (QED) is 0.893. The first-order valence-electron chi connectivity index (χ1n) is 7.61. The van der Waals surface area contributed by atoms with E-state index >= 15 is 0 Å². The highest BCUT2D eigenvalue weighted by atomic mass is 19.4. The first kappa shape index (κ1) is 16.3. The lowest BCUT2D eigenvalue weighted by Crippen LogP contribution is -2.59. The molecule has 4 nitrogen and oxygen atoms in total. The van der Waals surface area contributed by atoms with E-state index in [9.17, 15) is 18.0 Å². The van der Waals surface area contributed by atoms with Gasteiger partial charge in [0.1, 0.15) is 0 Å². The van der Waals surface area contributed by atoms with Gasteiger partial charge in [0.25, 0.3) is 0 Å². The van der Waals surface area contributed by atoms with Crippen LogP contribution in [0.15, 0.2) is 24.3 Å². The molecule has 0 bridgehead atoms. The minimum Gasteiger partial charge on any atom is -0.370 e. The number of halogens is 3. The van der Waals surface area contributed by atoms with Gasteiger partial charge >= 0.3 is 6.18 Å². The van der Waals surface area contributed by atoms with Crippen molar-refractivity contribution in [1.82, 2.24) is 10.6 Å². The van der Waals surface area contributed by atoms with Crippen LogP contribution in [-0.2, 0) is 15.7 Å². The van der Waals surface area contributed by atoms with Crippen molar-refractivity contribution in [3.05, 3.63) is 35.4 Å². The van der Waals surface area contributed by atoms with Crippen LogP contribution in [0.3, 0.4) is 0 Å². The third-order valence-corrected chi connectivity index (χ3v) is 4.58. The maximum absolute atomic E-state index is 12.6. The van der Waals surface area contributed by atoms with Crippen molar-refractivity contribution in [2.75, 3.05) is 19.7 Å². The molecule has 2 aliphatic rings. The van der Waals surface area contributed by atoms with Crippen molar-refractivity contribution in [2.45, 2.75) is 37.1 Å². The van der Waals surface area contributed by atoms with Crippen LogP contribution in [0.4, 0.5) is 13.2 Å². The molecule has 3 rings (SSSR count). The summed E-state index contributed by atoms with van der Waals surface area (Å²) >= 11 is 0. The largest absolute Gasteiger partial charge is 0.416 e. The Bertz CT molecular complexity index is 582. The van der Waals surface area contributed by atoms with Gasteiger partial charge in [0.15, 0.2) is 0 Å². The molecule has 126 valence electrons. The smallest absolute Gasteiger partial charge is 0.370 e. The van der Waals surface area contributed by atoms with E-state index < -0.39 is 17.7 Å². The maximum Gasteiger partial charge on any atom is 0.416 e. The second-order valence-electron chi connectivity index (χ2n) is 6.35. The molecule has 1 aromatic rings. The van der Waals surface area contributed by atoms with E-state index in [2.05, 4.69) is 10.6 Å². The molecular formula is C16H19F3N2O2. The molecule has 2 atom stereocenters. The zero-order chi connectivity index (χ0) is 16.7. The third kappa shape index (κ3) is 3.35. The van der Waals surface area contributed by atoms with Crippen LogP contribution in [0.2, 0.25) is 0 Å². The van der Waals surface area contributed by atoms with Gasteiger partial charge in [-0.15, -0.1) is 0 Å². The van der Waals surface area contributed by atoms with Gasteiger partial charge in [-0.1, -0.05) is 12.1 Å². The van der Waals surface area contributed by atoms with Gasteiger partial charge in [-0.05, 0) is 24.6 Å². The standard InChI is InChI=1S/C16H19F3N2O2/c1-10(11-2-4-12(5-3-11)16(17,18)19)14(22)21-13-6-15(23-7-13)8-20-9-15/h2-5,10,13,20H,6-9H2,1H3,(H,21,22). The number of benzene rings is 1. The van der Waals surface area contributed by atoms with Gasteiger partial charge in [0.2, 0.25) is 5.91 Å². The van der Waals surface area contributed by atoms with Gasteiger partial charge < -0.3 is 15.4 Å². The van der Waals surface area contributed by atoms with Crippen LogP contribution in [0.5, 0.6) is 0 Å². The van der Waals surface area contributed by atoms with Crippen LogP contribution >= 0.6 is 0 Å². The predicted octanol–water partition coefficient (Wildman–Crippen LogP) is 2.06. The summed E-state index contributed by atoms with van der Waals surface area (Å²) < 4.78 is 43.4. The maximum atomic E-state index is 12.6. The van der Waals surface area contributed by atoms with Gasteiger partial charge in [-0.2, -0.15) is 13.2 Å². The molecule has 1 spiro atoms. The lowest BCUT2D eigenvalue weighted by atomic mass is 9.91. The van der Waals surface area contributed by atoms with Crippen LogP contribution in [-0.4, -0.2) is 37.2 Å². The van der Waals surface area contributed by atoms with Crippen molar-refractivity contribution < 1.29 is 22.7 Å². The molecular weight excluding hydrogens is 309 g/mol. The van der Waals surface area contributed by atoms with Crippen molar-refractivity contribution in [1.29, 1.82) is 0 Å². The summed E-state index contributed by atoms with van der Waals surface area (Å²) in [6.45, 7) is 3.77. The average molecular weight is 328 g/mol. The van der Waals surface area contributed by atoms with E-state index in [4.69, 9.17) is 4.74 Å². The predicted molar refractivity (Wildman–Crippen MR) is 78.0 cm³/mol. The second-order valence-corrected chi connectivity index (χ2v) is 6.35. The highest BCUT2D eigenvalue weighted by molar-refractivity contribution is 5.83. The highest BCUT2D eigenvalue weighted by Crippen LogP contribution is 2.31. The normalized spacial score (nSPS) is 24.3. The molecule has 2 fully saturated rings. The molecule has 7 heteroatoms. The third-order valence-electron chi connectivity index (χ3n) is 4.58. The minimum absolute atomic E-state index is 0.0403.